The molecular formula is C15H18ClN3O3. The van der Waals surface area contributed by atoms with Crippen LogP contribution in [0.3, 0.4) is 0 Å². The van der Waals surface area contributed by atoms with Crippen molar-refractivity contribution in [1.29, 1.82) is 0 Å². The van der Waals surface area contributed by atoms with E-state index >= 15 is 0 Å². The lowest BCUT2D eigenvalue weighted by molar-refractivity contribution is 0.0669. The Labute approximate surface area is 134 Å². The van der Waals surface area contributed by atoms with Gasteiger partial charge in [0.15, 0.2) is 11.5 Å². The molecule has 1 amide bonds. The van der Waals surface area contributed by atoms with E-state index in [9.17, 15) is 4.79 Å². The Morgan fingerprint density at radius 3 is 2.95 bits per heavy atom. The molecule has 4 rings (SSSR count). The number of carbonyl (C=O) groups excluding carboxylic acids is 1. The molecule has 0 spiro atoms. The maximum Gasteiger partial charge on any atom is 0.276 e. The van der Waals surface area contributed by atoms with Gasteiger partial charge in [0.1, 0.15) is 0 Å². The van der Waals surface area contributed by atoms with E-state index in [-0.39, 0.29) is 24.4 Å². The first kappa shape index (κ1) is 15.1. The number of rotatable bonds is 2. The number of hydrogen-bond donors (Lipinski definition) is 1. The molecule has 7 heteroatoms. The predicted molar refractivity (Wildman–Crippen MR) is 81.9 cm³/mol. The summed E-state index contributed by atoms with van der Waals surface area (Å²) >= 11 is 0. The van der Waals surface area contributed by atoms with Crippen LogP contribution >= 0.6 is 12.4 Å². The first-order valence-corrected chi connectivity index (χ1v) is 7.37. The number of fused-ring (bicyclic) bond motifs is 2. The van der Waals surface area contributed by atoms with Gasteiger partial charge in [-0.15, -0.1) is 12.4 Å². The summed E-state index contributed by atoms with van der Waals surface area (Å²) < 4.78 is 10.5. The summed E-state index contributed by atoms with van der Waals surface area (Å²) in [5.41, 5.74) is 0.361. The minimum atomic E-state index is -0.0345. The van der Waals surface area contributed by atoms with Gasteiger partial charge < -0.3 is 19.2 Å². The van der Waals surface area contributed by atoms with Gasteiger partial charge in [-0.3, -0.25) is 4.79 Å². The highest BCUT2D eigenvalue weighted by Crippen LogP contribution is 2.30. The first-order chi connectivity index (χ1) is 10.3. The number of aromatic nitrogens is 1. The van der Waals surface area contributed by atoms with Crippen LogP contribution in [0.2, 0.25) is 0 Å². The predicted octanol–water partition coefficient (Wildman–Crippen LogP) is 2.32. The van der Waals surface area contributed by atoms with Crippen LogP contribution in [0.5, 0.6) is 0 Å². The summed E-state index contributed by atoms with van der Waals surface area (Å²) in [6.07, 6.45) is 4.72. The van der Waals surface area contributed by atoms with E-state index in [4.69, 9.17) is 8.94 Å². The van der Waals surface area contributed by atoms with Crippen molar-refractivity contribution in [2.75, 3.05) is 13.1 Å². The quantitative estimate of drug-likeness (QED) is 0.918. The van der Waals surface area contributed by atoms with Crippen LogP contribution in [0.25, 0.3) is 11.5 Å². The molecule has 0 saturated carbocycles. The molecule has 0 radical (unpaired) electrons. The molecule has 2 aromatic heterocycles. The SMILES string of the molecule is Cl.O=C(c1cc(-c2ccco2)on1)N1C2CCNCC1CC2. The van der Waals surface area contributed by atoms with Crippen LogP contribution in [0.15, 0.2) is 33.4 Å². The van der Waals surface area contributed by atoms with Gasteiger partial charge in [-0.1, -0.05) is 5.16 Å². The number of nitrogens with one attached hydrogen (secondary N) is 1. The summed E-state index contributed by atoms with van der Waals surface area (Å²) in [6.45, 7) is 1.84. The zero-order valence-corrected chi connectivity index (χ0v) is 12.8. The normalized spacial score (nSPS) is 23.9. The van der Waals surface area contributed by atoms with Gasteiger partial charge in [0.2, 0.25) is 5.76 Å². The lowest BCUT2D eigenvalue weighted by Crippen LogP contribution is -2.42. The minimum absolute atomic E-state index is 0. The highest BCUT2D eigenvalue weighted by atomic mass is 35.5. The number of hydrogen-bond acceptors (Lipinski definition) is 5. The van der Waals surface area contributed by atoms with Crippen LogP contribution in [0.1, 0.15) is 29.8 Å². The molecule has 1 N–H and O–H groups in total. The first-order valence-electron chi connectivity index (χ1n) is 7.37. The van der Waals surface area contributed by atoms with Gasteiger partial charge in [-0.25, -0.2) is 0 Å². The average molecular weight is 324 g/mol. The molecule has 118 valence electrons. The fourth-order valence-electron chi connectivity index (χ4n) is 3.36. The lowest BCUT2D eigenvalue weighted by atomic mass is 10.1. The zero-order chi connectivity index (χ0) is 14.2. The largest absolute Gasteiger partial charge is 0.461 e. The molecule has 22 heavy (non-hydrogen) atoms. The van der Waals surface area contributed by atoms with Crippen LogP contribution < -0.4 is 5.32 Å². The second-order valence-electron chi connectivity index (χ2n) is 5.64. The van der Waals surface area contributed by atoms with Crippen molar-refractivity contribution in [3.8, 4) is 11.5 Å². The number of nitrogens with zero attached hydrogens (tertiary/aromatic N) is 2. The van der Waals surface area contributed by atoms with Crippen molar-refractivity contribution < 1.29 is 13.7 Å². The molecule has 2 saturated heterocycles. The maximum atomic E-state index is 12.7. The Morgan fingerprint density at radius 1 is 1.27 bits per heavy atom. The van der Waals surface area contributed by atoms with Crippen LogP contribution in [0.4, 0.5) is 0 Å². The van der Waals surface area contributed by atoms with Gasteiger partial charge in [0.25, 0.3) is 5.91 Å². The molecular weight excluding hydrogens is 306 g/mol. The van der Waals surface area contributed by atoms with Gasteiger partial charge in [-0.2, -0.15) is 0 Å². The van der Waals surface area contributed by atoms with Crippen molar-refractivity contribution in [2.24, 2.45) is 0 Å². The second-order valence-corrected chi connectivity index (χ2v) is 5.64. The van der Waals surface area contributed by atoms with Crippen molar-refractivity contribution in [3.05, 3.63) is 30.2 Å². The Bertz CT molecular complexity index is 626. The molecule has 2 aliphatic heterocycles. The molecule has 0 aliphatic carbocycles. The molecule has 2 fully saturated rings. The Kier molecular flexibility index (Phi) is 4.22. The van der Waals surface area contributed by atoms with Crippen molar-refractivity contribution >= 4 is 18.3 Å². The van der Waals surface area contributed by atoms with Crippen LogP contribution in [-0.2, 0) is 0 Å². The summed E-state index contributed by atoms with van der Waals surface area (Å²) in [7, 11) is 0. The van der Waals surface area contributed by atoms with Crippen molar-refractivity contribution in [1.82, 2.24) is 15.4 Å². The van der Waals surface area contributed by atoms with Gasteiger partial charge >= 0.3 is 0 Å². The topological polar surface area (TPSA) is 71.5 Å². The monoisotopic (exact) mass is 323 g/mol. The smallest absolute Gasteiger partial charge is 0.276 e. The fourth-order valence-corrected chi connectivity index (χ4v) is 3.36. The number of amides is 1. The summed E-state index contributed by atoms with van der Waals surface area (Å²) in [4.78, 5) is 14.7. The summed E-state index contributed by atoms with van der Waals surface area (Å²) in [5, 5.41) is 7.32. The molecule has 2 aliphatic rings. The van der Waals surface area contributed by atoms with E-state index < -0.39 is 0 Å². The van der Waals surface area contributed by atoms with E-state index in [0.29, 0.717) is 23.3 Å². The highest BCUT2D eigenvalue weighted by Gasteiger charge is 2.39. The van der Waals surface area contributed by atoms with Crippen molar-refractivity contribution in [3.63, 3.8) is 0 Å². The molecule has 2 atom stereocenters. The minimum Gasteiger partial charge on any atom is -0.461 e. The van der Waals surface area contributed by atoms with Crippen LogP contribution in [0, 0.1) is 0 Å². The van der Waals surface area contributed by atoms with E-state index in [1.807, 2.05) is 4.90 Å². The number of carbonyl (C=O) groups is 1. The Hall–Kier alpha value is -1.79. The highest BCUT2D eigenvalue weighted by molar-refractivity contribution is 5.93. The van der Waals surface area contributed by atoms with Gasteiger partial charge in [0.05, 0.1) is 6.26 Å². The Balaban J connectivity index is 0.00000144. The van der Waals surface area contributed by atoms with Gasteiger partial charge in [0, 0.05) is 24.7 Å². The zero-order valence-electron chi connectivity index (χ0n) is 12.0. The standard InChI is InChI=1S/C15H17N3O3.ClH/c19-15(18-10-3-4-11(18)9-16-6-5-10)12-8-14(21-17-12)13-2-1-7-20-13;/h1-2,7-8,10-11,16H,3-6,9H2;1H. The summed E-state index contributed by atoms with van der Waals surface area (Å²) in [5.74, 6) is 1.04. The van der Waals surface area contributed by atoms with E-state index in [1.165, 1.54) is 0 Å². The molecule has 2 bridgehead atoms. The average Bonchev–Trinajstić information content (AvgIpc) is 3.15. The van der Waals surface area contributed by atoms with E-state index in [2.05, 4.69) is 10.5 Å². The van der Waals surface area contributed by atoms with E-state index in [1.54, 1.807) is 24.5 Å². The molecule has 0 aromatic carbocycles. The molecule has 2 aromatic rings. The number of furan rings is 1. The molecule has 6 nitrogen and oxygen atoms in total. The summed E-state index contributed by atoms with van der Waals surface area (Å²) in [6, 6.07) is 5.82. The third-order valence-electron chi connectivity index (χ3n) is 4.38. The number of halogens is 1. The molecule has 4 heterocycles. The van der Waals surface area contributed by atoms with Gasteiger partial charge in [-0.05, 0) is 37.9 Å². The third-order valence-corrected chi connectivity index (χ3v) is 4.38. The molecule has 2 unspecified atom stereocenters. The van der Waals surface area contributed by atoms with Crippen LogP contribution in [-0.4, -0.2) is 41.1 Å². The maximum absolute atomic E-state index is 12.7. The van der Waals surface area contributed by atoms with Crippen molar-refractivity contribution in [2.45, 2.75) is 31.3 Å². The fraction of sp³-hybridized carbons (Fsp3) is 0.467. The second kappa shape index (κ2) is 6.14. The van der Waals surface area contributed by atoms with E-state index in [0.717, 1.165) is 32.4 Å². The lowest BCUT2D eigenvalue weighted by Gasteiger charge is -2.26. The third kappa shape index (κ3) is 2.53. The Morgan fingerprint density at radius 2 is 2.14 bits per heavy atom.